The Morgan fingerprint density at radius 2 is 1.86 bits per heavy atom. The van der Waals surface area contributed by atoms with E-state index in [0.29, 0.717) is 0 Å². The van der Waals surface area contributed by atoms with E-state index in [0.717, 1.165) is 23.8 Å². The van der Waals surface area contributed by atoms with Crippen LogP contribution in [0.15, 0.2) is 35.3 Å². The van der Waals surface area contributed by atoms with Crippen LogP contribution in [0.3, 0.4) is 0 Å². The summed E-state index contributed by atoms with van der Waals surface area (Å²) in [7, 11) is 0. The Morgan fingerprint density at radius 3 is 2.64 bits per heavy atom. The summed E-state index contributed by atoms with van der Waals surface area (Å²) in [5.74, 6) is 1.87. The number of hydrogen-bond donors (Lipinski definition) is 0. The maximum atomic E-state index is 5.13. The zero-order valence-corrected chi connectivity index (χ0v) is 18.0. The van der Waals surface area contributed by atoms with E-state index in [-0.39, 0.29) is 6.04 Å². The van der Waals surface area contributed by atoms with Gasteiger partial charge in [0.15, 0.2) is 5.82 Å². The molecule has 2 aromatic heterocycles. The van der Waals surface area contributed by atoms with Crippen molar-refractivity contribution in [2.24, 2.45) is 4.99 Å². The first-order valence-electron chi connectivity index (χ1n) is 10.3. The van der Waals surface area contributed by atoms with E-state index in [1.165, 1.54) is 52.3 Å². The second kappa shape index (κ2) is 8.00. The number of unbranched alkanes of at least 4 members (excludes halogenated alkanes) is 3. The largest absolute Gasteiger partial charge is 0.273 e. The van der Waals surface area contributed by atoms with Crippen molar-refractivity contribution in [2.45, 2.75) is 65.8 Å². The highest BCUT2D eigenvalue weighted by Gasteiger charge is 2.28. The highest BCUT2D eigenvalue weighted by Crippen LogP contribution is 2.37. The van der Waals surface area contributed by atoms with Gasteiger partial charge in [0, 0.05) is 16.0 Å². The van der Waals surface area contributed by atoms with Crippen molar-refractivity contribution in [2.75, 3.05) is 0 Å². The molecule has 1 atom stereocenters. The van der Waals surface area contributed by atoms with E-state index in [2.05, 4.69) is 65.9 Å². The second-order valence-electron chi connectivity index (χ2n) is 7.65. The Hall–Kier alpha value is -2.27. The lowest BCUT2D eigenvalue weighted by molar-refractivity contribution is 0.670. The van der Waals surface area contributed by atoms with E-state index < -0.39 is 0 Å². The van der Waals surface area contributed by atoms with Crippen molar-refractivity contribution >= 4 is 17.0 Å². The molecule has 4 nitrogen and oxygen atoms in total. The topological polar surface area (TPSA) is 43.1 Å². The monoisotopic (exact) mass is 392 g/mol. The first-order valence-corrected chi connectivity index (χ1v) is 11.1. The summed E-state index contributed by atoms with van der Waals surface area (Å²) >= 11 is 1.88. The van der Waals surface area contributed by atoms with Crippen LogP contribution >= 0.6 is 11.3 Å². The van der Waals surface area contributed by atoms with Crippen LogP contribution in [-0.4, -0.2) is 20.5 Å². The van der Waals surface area contributed by atoms with Gasteiger partial charge in [0.1, 0.15) is 16.9 Å². The molecule has 146 valence electrons. The van der Waals surface area contributed by atoms with Crippen LogP contribution in [0.25, 0.3) is 5.00 Å². The number of aryl methyl sites for hydroxylation is 3. The Kier molecular flexibility index (Phi) is 5.44. The fourth-order valence-electron chi connectivity index (χ4n) is 3.89. The first kappa shape index (κ1) is 19.1. The number of hydrogen-bond acceptors (Lipinski definition) is 4. The van der Waals surface area contributed by atoms with Gasteiger partial charge >= 0.3 is 0 Å². The lowest BCUT2D eigenvalue weighted by Crippen LogP contribution is -2.07. The molecular weight excluding hydrogens is 364 g/mol. The summed E-state index contributed by atoms with van der Waals surface area (Å²) < 4.78 is 2.22. The highest BCUT2D eigenvalue weighted by molar-refractivity contribution is 7.15. The fraction of sp³-hybridized carbons (Fsp3) is 0.435. The Bertz CT molecular complexity index is 1010. The van der Waals surface area contributed by atoms with E-state index in [1.807, 2.05) is 18.3 Å². The van der Waals surface area contributed by atoms with Gasteiger partial charge in [0.2, 0.25) is 0 Å². The zero-order chi connectivity index (χ0) is 19.7. The second-order valence-corrected chi connectivity index (χ2v) is 8.77. The van der Waals surface area contributed by atoms with Crippen LogP contribution in [0.2, 0.25) is 0 Å². The third-order valence-corrected chi connectivity index (χ3v) is 6.62. The van der Waals surface area contributed by atoms with Crippen molar-refractivity contribution in [1.29, 1.82) is 0 Å². The lowest BCUT2D eigenvalue weighted by atomic mass is 9.98. The molecule has 3 aromatic rings. The molecule has 1 aliphatic heterocycles. The molecular formula is C23H28N4S. The van der Waals surface area contributed by atoms with Crippen LogP contribution in [-0.2, 0) is 6.42 Å². The maximum absolute atomic E-state index is 5.13. The molecule has 4 rings (SSSR count). The summed E-state index contributed by atoms with van der Waals surface area (Å²) in [6, 6.07) is 10.9. The Labute approximate surface area is 171 Å². The van der Waals surface area contributed by atoms with Crippen molar-refractivity contribution in [3.8, 4) is 5.00 Å². The minimum Gasteiger partial charge on any atom is -0.273 e. The molecule has 0 amide bonds. The fourth-order valence-corrected chi connectivity index (χ4v) is 5.14. The average Bonchev–Trinajstić information content (AvgIpc) is 3.24. The zero-order valence-electron chi connectivity index (χ0n) is 17.2. The summed E-state index contributed by atoms with van der Waals surface area (Å²) in [6.45, 7) is 8.57. The molecule has 0 bridgehead atoms. The molecule has 1 aromatic carbocycles. The van der Waals surface area contributed by atoms with Crippen molar-refractivity contribution in [3.05, 3.63) is 63.5 Å². The van der Waals surface area contributed by atoms with Gasteiger partial charge in [-0.2, -0.15) is 0 Å². The number of benzene rings is 1. The number of rotatable bonds is 6. The van der Waals surface area contributed by atoms with E-state index in [1.54, 1.807) is 0 Å². The average molecular weight is 393 g/mol. The molecule has 0 N–H and O–H groups in total. The molecule has 3 heterocycles. The summed E-state index contributed by atoms with van der Waals surface area (Å²) in [6.07, 6.45) is 6.25. The number of aliphatic imine (C=N–C) groups is 1. The predicted octanol–water partition coefficient (Wildman–Crippen LogP) is 5.98. The standard InChI is InChI=1S/C23H28N4S/c1-5-6-7-8-12-18-14-20-21(19-13-10-9-11-15(19)2)24-16(3)22-26-25-17(4)27(22)23(20)28-18/h9-11,13-14,16H,5-8,12H2,1-4H3. The summed E-state index contributed by atoms with van der Waals surface area (Å²) in [5.41, 5.74) is 4.77. The van der Waals surface area contributed by atoms with Crippen molar-refractivity contribution < 1.29 is 0 Å². The van der Waals surface area contributed by atoms with Gasteiger partial charge in [0.05, 0.1) is 5.71 Å². The summed E-state index contributed by atoms with van der Waals surface area (Å²) in [5, 5.41) is 10.0. The summed E-state index contributed by atoms with van der Waals surface area (Å²) in [4.78, 5) is 6.55. The SMILES string of the molecule is CCCCCCc1cc2c(s1)-n1c(C)nnc1C(C)N=C2c1ccccc1C. The van der Waals surface area contributed by atoms with Gasteiger partial charge in [-0.1, -0.05) is 50.5 Å². The minimum absolute atomic E-state index is 0.0246. The molecule has 0 radical (unpaired) electrons. The molecule has 0 spiro atoms. The van der Waals surface area contributed by atoms with E-state index in [9.17, 15) is 0 Å². The smallest absolute Gasteiger partial charge is 0.162 e. The highest BCUT2D eigenvalue weighted by atomic mass is 32.1. The normalized spacial score (nSPS) is 15.7. The van der Waals surface area contributed by atoms with Gasteiger partial charge in [-0.25, -0.2) is 0 Å². The number of aromatic nitrogens is 3. The molecule has 1 unspecified atom stereocenters. The number of nitrogens with zero attached hydrogens (tertiary/aromatic N) is 4. The van der Waals surface area contributed by atoms with Crippen LogP contribution in [0.5, 0.6) is 0 Å². The van der Waals surface area contributed by atoms with Gasteiger partial charge in [-0.3, -0.25) is 9.56 Å². The number of thiophene rings is 1. The molecule has 0 saturated heterocycles. The third-order valence-electron chi connectivity index (χ3n) is 5.44. The molecule has 1 aliphatic rings. The quantitative estimate of drug-likeness (QED) is 0.484. The van der Waals surface area contributed by atoms with Crippen molar-refractivity contribution in [3.63, 3.8) is 0 Å². The molecule has 0 aliphatic carbocycles. The van der Waals surface area contributed by atoms with Crippen LogP contribution < -0.4 is 0 Å². The van der Waals surface area contributed by atoms with Crippen LogP contribution in [0.1, 0.15) is 78.8 Å². The third kappa shape index (κ3) is 3.44. The van der Waals surface area contributed by atoms with Gasteiger partial charge in [-0.15, -0.1) is 21.5 Å². The van der Waals surface area contributed by atoms with Gasteiger partial charge in [-0.05, 0) is 45.2 Å². The minimum atomic E-state index is -0.0246. The van der Waals surface area contributed by atoms with E-state index >= 15 is 0 Å². The van der Waals surface area contributed by atoms with Crippen LogP contribution in [0.4, 0.5) is 0 Å². The Morgan fingerprint density at radius 1 is 1.04 bits per heavy atom. The Balaban J connectivity index is 1.83. The molecule has 0 fully saturated rings. The van der Waals surface area contributed by atoms with Crippen molar-refractivity contribution in [1.82, 2.24) is 14.8 Å². The lowest BCUT2D eigenvalue weighted by Gasteiger charge is -2.10. The van der Waals surface area contributed by atoms with E-state index in [4.69, 9.17) is 4.99 Å². The maximum Gasteiger partial charge on any atom is 0.162 e. The first-order chi connectivity index (χ1) is 13.6. The molecule has 5 heteroatoms. The molecule has 28 heavy (non-hydrogen) atoms. The van der Waals surface area contributed by atoms with Gasteiger partial charge < -0.3 is 0 Å². The van der Waals surface area contributed by atoms with Gasteiger partial charge in [0.25, 0.3) is 0 Å². The predicted molar refractivity (Wildman–Crippen MR) is 117 cm³/mol. The van der Waals surface area contributed by atoms with Crippen LogP contribution in [0, 0.1) is 13.8 Å². The number of fused-ring (bicyclic) bond motifs is 3. The molecule has 0 saturated carbocycles.